The number of unbranched alkanes of at least 4 members (excludes halogenated alkanes) is 1. The third-order valence-corrected chi connectivity index (χ3v) is 5.84. The molecule has 0 saturated heterocycles. The van der Waals surface area contributed by atoms with E-state index in [0.29, 0.717) is 5.96 Å². The number of guanidine groups is 1. The number of hydrogen-bond donors (Lipinski definition) is 1. The summed E-state index contributed by atoms with van der Waals surface area (Å²) >= 11 is 0. The van der Waals surface area contributed by atoms with Gasteiger partial charge in [0.2, 0.25) is 5.96 Å². The third-order valence-electron chi connectivity index (χ3n) is 5.84. The van der Waals surface area contributed by atoms with Crippen molar-refractivity contribution in [1.82, 2.24) is 0 Å². The Morgan fingerprint density at radius 2 is 1.66 bits per heavy atom. The van der Waals surface area contributed by atoms with Gasteiger partial charge in [-0.05, 0) is 66.1 Å². The monoisotopic (exact) mass is 387 g/mol. The molecule has 3 aromatic rings. The number of aryl methyl sites for hydroxylation is 2. The second-order valence-corrected chi connectivity index (χ2v) is 7.72. The molecule has 0 heterocycles. The zero-order valence-electron chi connectivity index (χ0n) is 17.5. The maximum absolute atomic E-state index is 8.78. The number of anilines is 2. The van der Waals surface area contributed by atoms with Gasteiger partial charge in [-0.15, -0.1) is 0 Å². The van der Waals surface area contributed by atoms with E-state index < -0.39 is 0 Å². The van der Waals surface area contributed by atoms with Crippen LogP contribution in [0.4, 0.5) is 11.4 Å². The summed E-state index contributed by atoms with van der Waals surface area (Å²) in [6, 6.07) is 18.9. The third kappa shape index (κ3) is 3.67. The standard InChI is InChI=1S/C25H29N3O/c1-4-5-17-29-21-14-12-20(13-15-21)27(2)25(26)28(3)23-16-11-19-10-9-18-7-6-8-22(23)24(18)19/h6-8,11-16,26H,4-5,9-10,17H2,1-3H3. The Morgan fingerprint density at radius 3 is 2.38 bits per heavy atom. The molecule has 1 aliphatic carbocycles. The quantitative estimate of drug-likeness (QED) is 0.339. The first kappa shape index (κ1) is 19.3. The van der Waals surface area contributed by atoms with Crippen molar-refractivity contribution in [2.75, 3.05) is 30.5 Å². The lowest BCUT2D eigenvalue weighted by atomic mass is 10.0. The average molecular weight is 388 g/mol. The molecule has 0 saturated carbocycles. The van der Waals surface area contributed by atoms with E-state index in [-0.39, 0.29) is 0 Å². The summed E-state index contributed by atoms with van der Waals surface area (Å²) in [6.07, 6.45) is 4.42. The molecule has 0 bridgehead atoms. The Labute approximate surface area is 173 Å². The Kier molecular flexibility index (Phi) is 5.43. The van der Waals surface area contributed by atoms with Crippen LogP contribution in [0.15, 0.2) is 54.6 Å². The molecule has 0 aliphatic heterocycles. The second kappa shape index (κ2) is 8.16. The Balaban J connectivity index is 1.55. The van der Waals surface area contributed by atoms with E-state index in [2.05, 4.69) is 37.3 Å². The van der Waals surface area contributed by atoms with E-state index in [1.807, 2.05) is 48.2 Å². The number of rotatable bonds is 6. The first-order valence-corrected chi connectivity index (χ1v) is 10.4. The number of ether oxygens (including phenoxy) is 1. The van der Waals surface area contributed by atoms with Crippen LogP contribution in [0, 0.1) is 5.41 Å². The number of nitrogens with zero attached hydrogens (tertiary/aromatic N) is 2. The largest absolute Gasteiger partial charge is 0.494 e. The van der Waals surface area contributed by atoms with Crippen molar-refractivity contribution in [3.8, 4) is 5.75 Å². The summed E-state index contributed by atoms with van der Waals surface area (Å²) in [4.78, 5) is 3.87. The topological polar surface area (TPSA) is 39.6 Å². The predicted molar refractivity (Wildman–Crippen MR) is 123 cm³/mol. The van der Waals surface area contributed by atoms with Gasteiger partial charge < -0.3 is 14.5 Å². The maximum Gasteiger partial charge on any atom is 0.202 e. The second-order valence-electron chi connectivity index (χ2n) is 7.72. The van der Waals surface area contributed by atoms with E-state index in [1.54, 1.807) is 0 Å². The molecule has 0 unspecified atom stereocenters. The molecule has 0 atom stereocenters. The van der Waals surface area contributed by atoms with Gasteiger partial charge in [-0.2, -0.15) is 0 Å². The lowest BCUT2D eigenvalue weighted by molar-refractivity contribution is 0.309. The minimum absolute atomic E-state index is 0.434. The molecule has 0 aromatic heterocycles. The maximum atomic E-state index is 8.78. The molecule has 3 aromatic carbocycles. The van der Waals surface area contributed by atoms with Crippen LogP contribution in [0.3, 0.4) is 0 Å². The van der Waals surface area contributed by atoms with Crippen molar-refractivity contribution in [3.63, 3.8) is 0 Å². The van der Waals surface area contributed by atoms with Crippen LogP contribution in [0.1, 0.15) is 30.9 Å². The van der Waals surface area contributed by atoms with E-state index in [1.165, 1.54) is 21.9 Å². The summed E-state index contributed by atoms with van der Waals surface area (Å²) in [6.45, 7) is 2.90. The van der Waals surface area contributed by atoms with E-state index >= 15 is 0 Å². The molecule has 29 heavy (non-hydrogen) atoms. The lowest BCUT2D eigenvalue weighted by Crippen LogP contribution is -2.39. The summed E-state index contributed by atoms with van der Waals surface area (Å²) in [5.41, 5.74) is 4.89. The Bertz CT molecular complexity index is 1020. The van der Waals surface area contributed by atoms with Crippen molar-refractivity contribution < 1.29 is 4.74 Å². The van der Waals surface area contributed by atoms with E-state index in [0.717, 1.165) is 49.4 Å². The van der Waals surface area contributed by atoms with Crippen LogP contribution >= 0.6 is 0 Å². The van der Waals surface area contributed by atoms with E-state index in [9.17, 15) is 0 Å². The first-order chi connectivity index (χ1) is 14.1. The molecule has 1 N–H and O–H groups in total. The lowest BCUT2D eigenvalue weighted by Gasteiger charge is -2.29. The van der Waals surface area contributed by atoms with Gasteiger partial charge >= 0.3 is 0 Å². The molecular weight excluding hydrogens is 358 g/mol. The normalized spacial score (nSPS) is 12.2. The Hall–Kier alpha value is -3.01. The van der Waals surface area contributed by atoms with Crippen LogP contribution in [0.25, 0.3) is 10.8 Å². The highest BCUT2D eigenvalue weighted by Crippen LogP contribution is 2.36. The minimum Gasteiger partial charge on any atom is -0.494 e. The zero-order chi connectivity index (χ0) is 20.4. The van der Waals surface area contributed by atoms with Gasteiger partial charge in [0.05, 0.1) is 12.3 Å². The fourth-order valence-corrected chi connectivity index (χ4v) is 4.09. The zero-order valence-corrected chi connectivity index (χ0v) is 17.5. The predicted octanol–water partition coefficient (Wildman–Crippen LogP) is 5.62. The molecule has 4 nitrogen and oxygen atoms in total. The molecule has 4 heteroatoms. The van der Waals surface area contributed by atoms with Gasteiger partial charge in [0.25, 0.3) is 0 Å². The van der Waals surface area contributed by atoms with Gasteiger partial charge in [-0.3, -0.25) is 5.41 Å². The highest BCUT2D eigenvalue weighted by molar-refractivity contribution is 6.10. The Morgan fingerprint density at radius 1 is 0.931 bits per heavy atom. The fraction of sp³-hybridized carbons (Fsp3) is 0.320. The molecule has 150 valence electrons. The van der Waals surface area contributed by atoms with Gasteiger partial charge in [0, 0.05) is 25.2 Å². The number of nitrogens with one attached hydrogen (secondary N) is 1. The van der Waals surface area contributed by atoms with Gasteiger partial charge in [-0.25, -0.2) is 0 Å². The molecule has 0 spiro atoms. The molecule has 0 radical (unpaired) electrons. The van der Waals surface area contributed by atoms with Crippen LogP contribution in [0.5, 0.6) is 5.75 Å². The highest BCUT2D eigenvalue weighted by Gasteiger charge is 2.20. The summed E-state index contributed by atoms with van der Waals surface area (Å²) in [7, 11) is 3.91. The van der Waals surface area contributed by atoms with Crippen LogP contribution in [0.2, 0.25) is 0 Å². The van der Waals surface area contributed by atoms with Crippen molar-refractivity contribution >= 4 is 28.1 Å². The van der Waals surface area contributed by atoms with Crippen molar-refractivity contribution in [3.05, 3.63) is 65.7 Å². The molecule has 0 amide bonds. The smallest absolute Gasteiger partial charge is 0.202 e. The summed E-state index contributed by atoms with van der Waals surface area (Å²) < 4.78 is 5.75. The van der Waals surface area contributed by atoms with Crippen LogP contribution in [-0.2, 0) is 12.8 Å². The van der Waals surface area contributed by atoms with Gasteiger partial charge in [0.15, 0.2) is 0 Å². The van der Waals surface area contributed by atoms with Gasteiger partial charge in [0.1, 0.15) is 5.75 Å². The average Bonchev–Trinajstić information content (AvgIpc) is 3.18. The highest BCUT2D eigenvalue weighted by atomic mass is 16.5. The molecule has 1 aliphatic rings. The fourth-order valence-electron chi connectivity index (χ4n) is 4.09. The van der Waals surface area contributed by atoms with Crippen LogP contribution in [-0.4, -0.2) is 26.7 Å². The summed E-state index contributed by atoms with van der Waals surface area (Å²) in [5.74, 6) is 1.31. The first-order valence-electron chi connectivity index (χ1n) is 10.4. The molecular formula is C25H29N3O. The number of hydrogen-bond acceptors (Lipinski definition) is 2. The molecule has 4 rings (SSSR count). The summed E-state index contributed by atoms with van der Waals surface area (Å²) in [5, 5.41) is 11.4. The van der Waals surface area contributed by atoms with E-state index in [4.69, 9.17) is 10.1 Å². The van der Waals surface area contributed by atoms with Crippen molar-refractivity contribution in [1.29, 1.82) is 5.41 Å². The molecule has 0 fully saturated rings. The van der Waals surface area contributed by atoms with Crippen molar-refractivity contribution in [2.24, 2.45) is 0 Å². The SMILES string of the molecule is CCCCOc1ccc(N(C)C(=N)N(C)c2ccc3c4c(cccc24)CC3)cc1. The van der Waals surface area contributed by atoms with Gasteiger partial charge in [-0.1, -0.05) is 37.6 Å². The minimum atomic E-state index is 0.434. The van der Waals surface area contributed by atoms with Crippen LogP contribution < -0.4 is 14.5 Å². The van der Waals surface area contributed by atoms with Crippen molar-refractivity contribution in [2.45, 2.75) is 32.6 Å². The number of benzene rings is 3.